The number of nitrogens with zero attached hydrogens (tertiary/aromatic N) is 1. The first-order valence-electron chi connectivity index (χ1n) is 3.29. The van der Waals surface area contributed by atoms with Crippen molar-refractivity contribution < 1.29 is 0 Å². The van der Waals surface area contributed by atoms with Gasteiger partial charge >= 0.3 is 0 Å². The van der Waals surface area contributed by atoms with Gasteiger partial charge in [0, 0.05) is 21.2 Å². The van der Waals surface area contributed by atoms with Crippen LogP contribution in [-0.4, -0.2) is 4.57 Å². The van der Waals surface area contributed by atoms with Gasteiger partial charge in [-0.2, -0.15) is 0 Å². The van der Waals surface area contributed by atoms with Crippen LogP contribution in [0.2, 0.25) is 0 Å². The van der Waals surface area contributed by atoms with Crippen LogP contribution in [0, 0.1) is 0 Å². The zero-order valence-corrected chi connectivity index (χ0v) is 9.43. The first-order chi connectivity index (χ1) is 5.59. The van der Waals surface area contributed by atoms with Crippen molar-refractivity contribution in [2.45, 2.75) is 6.54 Å². The highest BCUT2D eigenvalue weighted by atomic mass is 79.9. The molecule has 0 aliphatic heterocycles. The van der Waals surface area contributed by atoms with E-state index in [2.05, 4.69) is 38.4 Å². The fourth-order valence-electron chi connectivity index (χ4n) is 0.811. The van der Waals surface area contributed by atoms with Crippen molar-refractivity contribution in [2.75, 3.05) is 0 Å². The molecule has 0 aromatic carbocycles. The Labute approximate surface area is 87.2 Å². The molecule has 1 aromatic heterocycles. The summed E-state index contributed by atoms with van der Waals surface area (Å²) in [7, 11) is 0. The van der Waals surface area contributed by atoms with Crippen molar-refractivity contribution in [3.63, 3.8) is 0 Å². The van der Waals surface area contributed by atoms with E-state index in [-0.39, 0.29) is 5.56 Å². The number of hydrogen-bond donors (Lipinski definition) is 0. The molecular formula is C8H7Br2NO. The Kier molecular flexibility index (Phi) is 3.29. The topological polar surface area (TPSA) is 22.0 Å². The lowest BCUT2D eigenvalue weighted by Gasteiger charge is -2.03. The normalized spacial score (nSPS) is 9.83. The van der Waals surface area contributed by atoms with Gasteiger partial charge in [-0.25, -0.2) is 0 Å². The maximum Gasteiger partial charge on any atom is 0.250 e. The largest absolute Gasteiger partial charge is 0.309 e. The summed E-state index contributed by atoms with van der Waals surface area (Å²) < 4.78 is 3.24. The molecule has 0 unspecified atom stereocenters. The first-order valence-corrected chi connectivity index (χ1v) is 4.87. The van der Waals surface area contributed by atoms with Crippen LogP contribution >= 0.6 is 31.9 Å². The average molecular weight is 293 g/mol. The molecule has 2 nitrogen and oxygen atoms in total. The van der Waals surface area contributed by atoms with Crippen LogP contribution in [0.15, 0.2) is 38.7 Å². The molecule has 0 amide bonds. The minimum Gasteiger partial charge on any atom is -0.309 e. The molecule has 0 bridgehead atoms. The van der Waals surface area contributed by atoms with Gasteiger partial charge in [0.1, 0.15) is 0 Å². The van der Waals surface area contributed by atoms with Gasteiger partial charge in [0.05, 0.1) is 6.54 Å². The Bertz CT molecular complexity index is 356. The Morgan fingerprint density at radius 2 is 2.25 bits per heavy atom. The SMILES string of the molecule is C=C(Br)Cn1cc(Br)ccc1=O. The second kappa shape index (κ2) is 4.05. The summed E-state index contributed by atoms with van der Waals surface area (Å²) in [5.41, 5.74) is -0.0289. The van der Waals surface area contributed by atoms with Gasteiger partial charge in [0.15, 0.2) is 0 Å². The highest BCUT2D eigenvalue weighted by Gasteiger charge is 1.96. The number of pyridine rings is 1. The molecule has 0 spiro atoms. The molecule has 12 heavy (non-hydrogen) atoms. The van der Waals surface area contributed by atoms with Gasteiger partial charge in [0.25, 0.3) is 5.56 Å². The number of halogens is 2. The highest BCUT2D eigenvalue weighted by Crippen LogP contribution is 2.08. The Hall–Kier alpha value is -0.350. The van der Waals surface area contributed by atoms with Gasteiger partial charge < -0.3 is 4.57 Å². The second-order valence-corrected chi connectivity index (χ2v) is 4.37. The predicted octanol–water partition coefficient (Wildman–Crippen LogP) is 2.52. The number of aromatic nitrogens is 1. The van der Waals surface area contributed by atoms with Crippen LogP contribution in [0.1, 0.15) is 0 Å². The van der Waals surface area contributed by atoms with E-state index >= 15 is 0 Å². The summed E-state index contributed by atoms with van der Waals surface area (Å²) in [4.78, 5) is 11.2. The minimum atomic E-state index is -0.0289. The van der Waals surface area contributed by atoms with Gasteiger partial charge in [-0.1, -0.05) is 22.5 Å². The third-order valence-corrected chi connectivity index (χ3v) is 2.01. The molecule has 0 aliphatic rings. The summed E-state index contributed by atoms with van der Waals surface area (Å²) in [5, 5.41) is 0. The molecule has 1 heterocycles. The maximum absolute atomic E-state index is 11.2. The zero-order chi connectivity index (χ0) is 9.14. The van der Waals surface area contributed by atoms with Crippen molar-refractivity contribution in [2.24, 2.45) is 0 Å². The van der Waals surface area contributed by atoms with E-state index in [0.717, 1.165) is 8.96 Å². The molecule has 0 atom stereocenters. The van der Waals surface area contributed by atoms with E-state index in [0.29, 0.717) is 6.54 Å². The predicted molar refractivity (Wildman–Crippen MR) is 56.5 cm³/mol. The fourth-order valence-corrected chi connectivity index (χ4v) is 1.46. The van der Waals surface area contributed by atoms with Crippen LogP contribution in [0.5, 0.6) is 0 Å². The lowest BCUT2D eigenvalue weighted by Crippen LogP contribution is -2.17. The van der Waals surface area contributed by atoms with Crippen molar-refractivity contribution in [3.05, 3.63) is 44.2 Å². The van der Waals surface area contributed by atoms with Crippen LogP contribution in [0.3, 0.4) is 0 Å². The highest BCUT2D eigenvalue weighted by molar-refractivity contribution is 9.11. The van der Waals surface area contributed by atoms with E-state index in [1.54, 1.807) is 16.8 Å². The van der Waals surface area contributed by atoms with Gasteiger partial charge in [-0.05, 0) is 22.0 Å². The first kappa shape index (κ1) is 9.74. The van der Waals surface area contributed by atoms with Crippen LogP contribution in [-0.2, 0) is 6.54 Å². The number of hydrogen-bond acceptors (Lipinski definition) is 1. The molecule has 64 valence electrons. The minimum absolute atomic E-state index is 0.0289. The Balaban J connectivity index is 3.06. The van der Waals surface area contributed by atoms with Crippen LogP contribution in [0.4, 0.5) is 0 Å². The maximum atomic E-state index is 11.2. The summed E-state index contributed by atoms with van der Waals surface area (Å²) in [6.45, 7) is 4.16. The molecule has 0 saturated heterocycles. The van der Waals surface area contributed by atoms with Gasteiger partial charge in [-0.15, -0.1) is 0 Å². The van der Waals surface area contributed by atoms with Crippen LogP contribution < -0.4 is 5.56 Å². The molecule has 0 N–H and O–H groups in total. The van der Waals surface area contributed by atoms with Crippen LogP contribution in [0.25, 0.3) is 0 Å². The van der Waals surface area contributed by atoms with E-state index < -0.39 is 0 Å². The summed E-state index contributed by atoms with van der Waals surface area (Å²) in [6, 6.07) is 3.23. The van der Waals surface area contributed by atoms with E-state index in [4.69, 9.17) is 0 Å². The van der Waals surface area contributed by atoms with Crippen molar-refractivity contribution in [1.82, 2.24) is 4.57 Å². The summed E-state index contributed by atoms with van der Waals surface area (Å²) >= 11 is 6.48. The molecule has 1 aromatic rings. The third kappa shape index (κ3) is 2.60. The molecule has 0 aliphatic carbocycles. The molecule has 1 rings (SSSR count). The summed E-state index contributed by atoms with van der Waals surface area (Å²) in [6.07, 6.45) is 1.73. The summed E-state index contributed by atoms with van der Waals surface area (Å²) in [5.74, 6) is 0. The monoisotopic (exact) mass is 291 g/mol. The quantitative estimate of drug-likeness (QED) is 0.821. The molecule has 0 saturated carbocycles. The Morgan fingerprint density at radius 3 is 2.83 bits per heavy atom. The van der Waals surface area contributed by atoms with Crippen molar-refractivity contribution >= 4 is 31.9 Å². The second-order valence-electron chi connectivity index (χ2n) is 2.33. The van der Waals surface area contributed by atoms with E-state index in [1.807, 2.05) is 0 Å². The standard InChI is InChI=1S/C8H7Br2NO/c1-6(9)4-11-5-7(10)2-3-8(11)12/h2-3,5H,1,4H2. The number of rotatable bonds is 2. The Morgan fingerprint density at radius 1 is 1.58 bits per heavy atom. The lowest BCUT2D eigenvalue weighted by molar-refractivity contribution is 0.771. The molecule has 4 heteroatoms. The van der Waals surface area contributed by atoms with Crippen molar-refractivity contribution in [1.29, 1.82) is 0 Å². The van der Waals surface area contributed by atoms with E-state index in [1.165, 1.54) is 6.07 Å². The molecule has 0 fully saturated rings. The molecular weight excluding hydrogens is 286 g/mol. The lowest BCUT2D eigenvalue weighted by atomic mass is 10.4. The van der Waals surface area contributed by atoms with Gasteiger partial charge in [0.2, 0.25) is 0 Å². The smallest absolute Gasteiger partial charge is 0.250 e. The van der Waals surface area contributed by atoms with Crippen molar-refractivity contribution in [3.8, 4) is 0 Å². The fraction of sp³-hybridized carbons (Fsp3) is 0.125. The third-order valence-electron chi connectivity index (χ3n) is 1.29. The average Bonchev–Trinajstić information content (AvgIpc) is 1.96. The number of allylic oxidation sites excluding steroid dienone is 1. The van der Waals surface area contributed by atoms with Gasteiger partial charge in [-0.3, -0.25) is 4.79 Å². The zero-order valence-electron chi connectivity index (χ0n) is 6.26. The van der Waals surface area contributed by atoms with E-state index in [9.17, 15) is 4.79 Å². The molecule has 0 radical (unpaired) electrons.